The molecule has 2 aromatic rings. The fraction of sp³-hybridized carbons (Fsp3) is 0.231. The van der Waals surface area contributed by atoms with E-state index in [-0.39, 0.29) is 0 Å². The smallest absolute Gasteiger partial charge is 0.132 e. The van der Waals surface area contributed by atoms with E-state index in [0.717, 1.165) is 23.6 Å². The second kappa shape index (κ2) is 5.96. The van der Waals surface area contributed by atoms with Crippen LogP contribution in [0.3, 0.4) is 0 Å². The quantitative estimate of drug-likeness (QED) is 0.849. The summed E-state index contributed by atoms with van der Waals surface area (Å²) in [5.74, 6) is 0.882. The maximum absolute atomic E-state index is 5.73. The Morgan fingerprint density at radius 3 is 2.88 bits per heavy atom. The molecule has 1 aromatic carbocycles. The lowest BCUT2D eigenvalue weighted by molar-refractivity contribution is 0.297. The number of aromatic nitrogens is 2. The minimum Gasteiger partial charge on any atom is -0.487 e. The number of benzene rings is 1. The van der Waals surface area contributed by atoms with Crippen molar-refractivity contribution in [3.05, 3.63) is 54.1 Å². The van der Waals surface area contributed by atoms with E-state index in [9.17, 15) is 0 Å². The van der Waals surface area contributed by atoms with Gasteiger partial charge in [0, 0.05) is 24.5 Å². The molecule has 0 aliphatic heterocycles. The number of rotatable bonds is 5. The fourth-order valence-electron chi connectivity index (χ4n) is 1.54. The van der Waals surface area contributed by atoms with Gasteiger partial charge < -0.3 is 10.1 Å². The predicted molar refractivity (Wildman–Crippen MR) is 65.6 cm³/mol. The largest absolute Gasteiger partial charge is 0.487 e. The summed E-state index contributed by atoms with van der Waals surface area (Å²) in [7, 11) is 1.92. The SMILES string of the molecule is CNCc1ccccc1OCc1cnccn1. The molecule has 0 saturated carbocycles. The molecule has 0 spiro atoms. The van der Waals surface area contributed by atoms with Crippen LogP contribution in [0.5, 0.6) is 5.75 Å². The molecule has 17 heavy (non-hydrogen) atoms. The van der Waals surface area contributed by atoms with Crippen molar-refractivity contribution in [2.75, 3.05) is 7.05 Å². The van der Waals surface area contributed by atoms with Gasteiger partial charge in [-0.2, -0.15) is 0 Å². The summed E-state index contributed by atoms with van der Waals surface area (Å²) < 4.78 is 5.73. The Morgan fingerprint density at radius 2 is 2.12 bits per heavy atom. The summed E-state index contributed by atoms with van der Waals surface area (Å²) in [6.07, 6.45) is 5.03. The molecule has 0 aliphatic carbocycles. The molecule has 0 bridgehead atoms. The van der Waals surface area contributed by atoms with Gasteiger partial charge in [0.15, 0.2) is 0 Å². The third kappa shape index (κ3) is 3.26. The van der Waals surface area contributed by atoms with Crippen LogP contribution in [-0.2, 0) is 13.2 Å². The van der Waals surface area contributed by atoms with Crippen molar-refractivity contribution in [1.82, 2.24) is 15.3 Å². The second-order valence-corrected chi connectivity index (χ2v) is 3.62. The van der Waals surface area contributed by atoms with E-state index in [4.69, 9.17) is 4.74 Å². The summed E-state index contributed by atoms with van der Waals surface area (Å²) in [4.78, 5) is 8.17. The highest BCUT2D eigenvalue weighted by molar-refractivity contribution is 5.33. The monoisotopic (exact) mass is 229 g/mol. The van der Waals surface area contributed by atoms with Gasteiger partial charge in [-0.1, -0.05) is 18.2 Å². The lowest BCUT2D eigenvalue weighted by Crippen LogP contribution is -2.07. The van der Waals surface area contributed by atoms with Crippen molar-refractivity contribution in [3.8, 4) is 5.75 Å². The zero-order chi connectivity index (χ0) is 11.9. The topological polar surface area (TPSA) is 47.0 Å². The minimum absolute atomic E-state index is 0.439. The van der Waals surface area contributed by atoms with Crippen molar-refractivity contribution in [2.45, 2.75) is 13.2 Å². The first-order valence-electron chi connectivity index (χ1n) is 5.50. The van der Waals surface area contributed by atoms with E-state index < -0.39 is 0 Å². The Hall–Kier alpha value is -1.94. The van der Waals surface area contributed by atoms with Crippen LogP contribution in [0.2, 0.25) is 0 Å². The number of nitrogens with one attached hydrogen (secondary N) is 1. The van der Waals surface area contributed by atoms with Gasteiger partial charge in [0.05, 0.1) is 11.9 Å². The first kappa shape index (κ1) is 11.5. The minimum atomic E-state index is 0.439. The first-order chi connectivity index (χ1) is 8.40. The maximum atomic E-state index is 5.73. The van der Waals surface area contributed by atoms with Gasteiger partial charge in [0.1, 0.15) is 12.4 Å². The van der Waals surface area contributed by atoms with Crippen LogP contribution >= 0.6 is 0 Å². The zero-order valence-corrected chi connectivity index (χ0v) is 9.76. The van der Waals surface area contributed by atoms with E-state index in [1.807, 2.05) is 31.3 Å². The number of ether oxygens (including phenoxy) is 1. The first-order valence-corrected chi connectivity index (χ1v) is 5.50. The lowest BCUT2D eigenvalue weighted by Gasteiger charge is -2.10. The predicted octanol–water partition coefficient (Wildman–Crippen LogP) is 1.77. The fourth-order valence-corrected chi connectivity index (χ4v) is 1.54. The number of nitrogens with zero attached hydrogens (tertiary/aromatic N) is 2. The molecule has 1 N–H and O–H groups in total. The molecule has 0 atom stereocenters. The van der Waals surface area contributed by atoms with Gasteiger partial charge in [-0.05, 0) is 13.1 Å². The van der Waals surface area contributed by atoms with E-state index in [1.165, 1.54) is 0 Å². The Kier molecular flexibility index (Phi) is 4.05. The molecular formula is C13H15N3O. The number of hydrogen-bond acceptors (Lipinski definition) is 4. The van der Waals surface area contributed by atoms with Crippen LogP contribution in [0.1, 0.15) is 11.3 Å². The number of hydrogen-bond donors (Lipinski definition) is 1. The van der Waals surface area contributed by atoms with Crippen LogP contribution in [0.25, 0.3) is 0 Å². The molecule has 4 nitrogen and oxygen atoms in total. The summed E-state index contributed by atoms with van der Waals surface area (Å²) in [6, 6.07) is 7.97. The average Bonchev–Trinajstić information content (AvgIpc) is 2.39. The van der Waals surface area contributed by atoms with Crippen LogP contribution in [0, 0.1) is 0 Å². The molecular weight excluding hydrogens is 214 g/mol. The van der Waals surface area contributed by atoms with E-state index in [1.54, 1.807) is 18.6 Å². The Labute approximate surface area is 101 Å². The number of para-hydroxylation sites is 1. The molecule has 0 radical (unpaired) electrons. The standard InChI is InChI=1S/C13H15N3O/c1-14-8-11-4-2-3-5-13(11)17-10-12-9-15-6-7-16-12/h2-7,9,14H,8,10H2,1H3. The van der Waals surface area contributed by atoms with Crippen molar-refractivity contribution in [1.29, 1.82) is 0 Å². The second-order valence-electron chi connectivity index (χ2n) is 3.62. The maximum Gasteiger partial charge on any atom is 0.132 e. The van der Waals surface area contributed by atoms with Gasteiger partial charge >= 0.3 is 0 Å². The van der Waals surface area contributed by atoms with Crippen molar-refractivity contribution in [3.63, 3.8) is 0 Å². The van der Waals surface area contributed by atoms with E-state index in [2.05, 4.69) is 15.3 Å². The summed E-state index contributed by atoms with van der Waals surface area (Å²) >= 11 is 0. The molecule has 88 valence electrons. The molecule has 0 aliphatic rings. The Bertz CT molecular complexity index is 459. The highest BCUT2D eigenvalue weighted by Crippen LogP contribution is 2.18. The average molecular weight is 229 g/mol. The van der Waals surface area contributed by atoms with Crippen molar-refractivity contribution < 1.29 is 4.74 Å². The van der Waals surface area contributed by atoms with Crippen LogP contribution in [-0.4, -0.2) is 17.0 Å². The molecule has 0 saturated heterocycles. The summed E-state index contributed by atoms with van der Waals surface area (Å²) in [5, 5.41) is 3.11. The van der Waals surface area contributed by atoms with Gasteiger partial charge in [-0.25, -0.2) is 0 Å². The lowest BCUT2D eigenvalue weighted by atomic mass is 10.2. The molecule has 0 unspecified atom stereocenters. The Morgan fingerprint density at radius 1 is 1.24 bits per heavy atom. The Balaban J connectivity index is 2.03. The van der Waals surface area contributed by atoms with Crippen molar-refractivity contribution >= 4 is 0 Å². The van der Waals surface area contributed by atoms with Crippen LogP contribution in [0.4, 0.5) is 0 Å². The van der Waals surface area contributed by atoms with Gasteiger partial charge in [0.25, 0.3) is 0 Å². The molecule has 2 rings (SSSR count). The van der Waals surface area contributed by atoms with Gasteiger partial charge in [0.2, 0.25) is 0 Å². The van der Waals surface area contributed by atoms with Crippen LogP contribution < -0.4 is 10.1 Å². The molecule has 1 heterocycles. The molecule has 0 amide bonds. The van der Waals surface area contributed by atoms with Crippen LogP contribution in [0.15, 0.2) is 42.9 Å². The van der Waals surface area contributed by atoms with E-state index >= 15 is 0 Å². The highest BCUT2D eigenvalue weighted by Gasteiger charge is 2.02. The molecule has 4 heteroatoms. The zero-order valence-electron chi connectivity index (χ0n) is 9.76. The normalized spacial score (nSPS) is 10.2. The summed E-state index contributed by atoms with van der Waals surface area (Å²) in [6.45, 7) is 1.23. The molecule has 0 fully saturated rings. The summed E-state index contributed by atoms with van der Waals surface area (Å²) in [5.41, 5.74) is 1.96. The third-order valence-corrected chi connectivity index (χ3v) is 2.33. The van der Waals surface area contributed by atoms with Gasteiger partial charge in [-0.15, -0.1) is 0 Å². The van der Waals surface area contributed by atoms with E-state index in [0.29, 0.717) is 6.61 Å². The van der Waals surface area contributed by atoms with Gasteiger partial charge in [-0.3, -0.25) is 9.97 Å². The highest BCUT2D eigenvalue weighted by atomic mass is 16.5. The molecule has 1 aromatic heterocycles. The third-order valence-electron chi connectivity index (χ3n) is 2.33. The van der Waals surface area contributed by atoms with Crippen molar-refractivity contribution in [2.24, 2.45) is 0 Å².